The maximum absolute atomic E-state index is 14.1. The van der Waals surface area contributed by atoms with Crippen molar-refractivity contribution < 1.29 is 27.1 Å². The monoisotopic (exact) mass is 450 g/mol. The molecule has 1 aliphatic heterocycles. The molecule has 11 heteroatoms. The van der Waals surface area contributed by atoms with E-state index in [1.807, 2.05) is 4.90 Å². The van der Waals surface area contributed by atoms with Gasteiger partial charge in [-0.2, -0.15) is 0 Å². The number of benzene rings is 2. The largest absolute Gasteiger partial charge is 0.379 e. The SMILES string of the molecule is CNS(=O)(=O)c1ccc(F)c(C(=O)Nc2ccc(NC(=O)CN3CCOCC3)cc2)c1. The van der Waals surface area contributed by atoms with E-state index in [2.05, 4.69) is 15.4 Å². The van der Waals surface area contributed by atoms with E-state index in [0.717, 1.165) is 18.2 Å². The van der Waals surface area contributed by atoms with Crippen molar-refractivity contribution in [1.29, 1.82) is 0 Å². The molecular formula is C20H23FN4O5S. The number of ether oxygens (including phenoxy) is 1. The number of nitrogens with zero attached hydrogens (tertiary/aromatic N) is 1. The van der Waals surface area contributed by atoms with Gasteiger partial charge in [0.2, 0.25) is 15.9 Å². The van der Waals surface area contributed by atoms with Gasteiger partial charge >= 0.3 is 0 Å². The van der Waals surface area contributed by atoms with Gasteiger partial charge in [-0.15, -0.1) is 0 Å². The van der Waals surface area contributed by atoms with Gasteiger partial charge < -0.3 is 15.4 Å². The highest BCUT2D eigenvalue weighted by Gasteiger charge is 2.19. The number of hydrogen-bond donors (Lipinski definition) is 3. The summed E-state index contributed by atoms with van der Waals surface area (Å²) in [6.07, 6.45) is 0. The van der Waals surface area contributed by atoms with Crippen LogP contribution < -0.4 is 15.4 Å². The summed E-state index contributed by atoms with van der Waals surface area (Å²) < 4.78 is 45.2. The molecule has 0 saturated carbocycles. The Balaban J connectivity index is 1.62. The Morgan fingerprint density at radius 2 is 1.65 bits per heavy atom. The first kappa shape index (κ1) is 22.8. The van der Waals surface area contributed by atoms with E-state index in [0.29, 0.717) is 37.7 Å². The number of anilines is 2. The van der Waals surface area contributed by atoms with Crippen molar-refractivity contribution in [2.45, 2.75) is 4.90 Å². The number of morpholine rings is 1. The molecule has 1 fully saturated rings. The van der Waals surface area contributed by atoms with Crippen LogP contribution in [-0.2, 0) is 19.6 Å². The zero-order valence-electron chi connectivity index (χ0n) is 16.9. The molecule has 2 amide bonds. The van der Waals surface area contributed by atoms with E-state index >= 15 is 0 Å². The molecule has 166 valence electrons. The highest BCUT2D eigenvalue weighted by Crippen LogP contribution is 2.18. The average Bonchev–Trinajstić information content (AvgIpc) is 2.76. The van der Waals surface area contributed by atoms with Gasteiger partial charge in [0.15, 0.2) is 0 Å². The minimum atomic E-state index is -3.82. The van der Waals surface area contributed by atoms with Crippen LogP contribution >= 0.6 is 0 Å². The fourth-order valence-electron chi connectivity index (χ4n) is 2.96. The summed E-state index contributed by atoms with van der Waals surface area (Å²) in [5, 5.41) is 5.29. The summed E-state index contributed by atoms with van der Waals surface area (Å²) in [5.74, 6) is -1.81. The second kappa shape index (κ2) is 9.96. The molecule has 31 heavy (non-hydrogen) atoms. The third kappa shape index (κ3) is 6.07. The van der Waals surface area contributed by atoms with Crippen molar-refractivity contribution in [2.24, 2.45) is 0 Å². The lowest BCUT2D eigenvalue weighted by Crippen LogP contribution is -2.41. The molecular weight excluding hydrogens is 427 g/mol. The predicted octanol–water partition coefficient (Wildman–Crippen LogP) is 1.26. The fraction of sp³-hybridized carbons (Fsp3) is 0.300. The van der Waals surface area contributed by atoms with Crippen LogP contribution in [0.5, 0.6) is 0 Å². The van der Waals surface area contributed by atoms with Crippen LogP contribution in [0.3, 0.4) is 0 Å². The molecule has 2 aromatic carbocycles. The smallest absolute Gasteiger partial charge is 0.258 e. The van der Waals surface area contributed by atoms with Gasteiger partial charge in [-0.05, 0) is 49.5 Å². The minimum absolute atomic E-state index is 0.164. The van der Waals surface area contributed by atoms with Crippen LogP contribution in [-0.4, -0.2) is 65.0 Å². The maximum Gasteiger partial charge on any atom is 0.258 e. The van der Waals surface area contributed by atoms with Crippen LogP contribution in [0.2, 0.25) is 0 Å². The molecule has 0 atom stereocenters. The third-order valence-electron chi connectivity index (χ3n) is 4.66. The van der Waals surface area contributed by atoms with Crippen LogP contribution in [0, 0.1) is 5.82 Å². The summed E-state index contributed by atoms with van der Waals surface area (Å²) in [4.78, 5) is 26.3. The van der Waals surface area contributed by atoms with E-state index in [4.69, 9.17) is 4.74 Å². The number of halogens is 1. The second-order valence-electron chi connectivity index (χ2n) is 6.82. The molecule has 0 bridgehead atoms. The Bertz CT molecular complexity index is 1050. The molecule has 0 spiro atoms. The summed E-state index contributed by atoms with van der Waals surface area (Å²) in [6.45, 7) is 2.86. The van der Waals surface area contributed by atoms with Gasteiger partial charge in [-0.25, -0.2) is 17.5 Å². The standard InChI is InChI=1S/C20H23FN4O5S/c1-22-31(28,29)16-6-7-18(21)17(12-16)20(27)24-15-4-2-14(3-5-15)23-19(26)13-25-8-10-30-11-9-25/h2-7,12,22H,8-11,13H2,1H3,(H,23,26)(H,24,27). The maximum atomic E-state index is 14.1. The number of nitrogens with one attached hydrogen (secondary N) is 3. The minimum Gasteiger partial charge on any atom is -0.379 e. The number of amides is 2. The number of carbonyl (C=O) groups is 2. The molecule has 0 aromatic heterocycles. The van der Waals surface area contributed by atoms with Crippen molar-refractivity contribution >= 4 is 33.2 Å². The summed E-state index contributed by atoms with van der Waals surface area (Å²) >= 11 is 0. The van der Waals surface area contributed by atoms with Gasteiger partial charge in [0.05, 0.1) is 30.2 Å². The number of hydrogen-bond acceptors (Lipinski definition) is 6. The Labute approximate surface area is 179 Å². The van der Waals surface area contributed by atoms with Crippen molar-refractivity contribution in [3.63, 3.8) is 0 Å². The van der Waals surface area contributed by atoms with Crippen LogP contribution in [0.4, 0.5) is 15.8 Å². The lowest BCUT2D eigenvalue weighted by molar-refractivity contribution is -0.118. The summed E-state index contributed by atoms with van der Waals surface area (Å²) in [6, 6.07) is 9.27. The molecule has 3 N–H and O–H groups in total. The van der Waals surface area contributed by atoms with Gasteiger partial charge in [0.1, 0.15) is 5.82 Å². The van der Waals surface area contributed by atoms with E-state index in [9.17, 15) is 22.4 Å². The zero-order chi connectivity index (χ0) is 22.4. The van der Waals surface area contributed by atoms with Gasteiger partial charge in [-0.1, -0.05) is 0 Å². The molecule has 2 aromatic rings. The third-order valence-corrected chi connectivity index (χ3v) is 6.07. The van der Waals surface area contributed by atoms with Crippen molar-refractivity contribution in [3.05, 3.63) is 53.8 Å². The molecule has 3 rings (SSSR count). The average molecular weight is 450 g/mol. The lowest BCUT2D eigenvalue weighted by atomic mass is 10.2. The van der Waals surface area contributed by atoms with Crippen molar-refractivity contribution in [3.8, 4) is 0 Å². The van der Waals surface area contributed by atoms with Gasteiger partial charge in [0, 0.05) is 24.5 Å². The number of carbonyl (C=O) groups excluding carboxylic acids is 2. The second-order valence-corrected chi connectivity index (χ2v) is 8.70. The molecule has 0 radical (unpaired) electrons. The molecule has 1 heterocycles. The predicted molar refractivity (Wildman–Crippen MR) is 113 cm³/mol. The molecule has 9 nitrogen and oxygen atoms in total. The highest BCUT2D eigenvalue weighted by molar-refractivity contribution is 7.89. The highest BCUT2D eigenvalue weighted by atomic mass is 32.2. The number of sulfonamides is 1. The quantitative estimate of drug-likeness (QED) is 0.585. The van der Waals surface area contributed by atoms with E-state index in [-0.39, 0.29) is 17.3 Å². The zero-order valence-corrected chi connectivity index (χ0v) is 17.7. The lowest BCUT2D eigenvalue weighted by Gasteiger charge is -2.25. The first-order valence-electron chi connectivity index (χ1n) is 9.53. The van der Waals surface area contributed by atoms with Gasteiger partial charge in [0.25, 0.3) is 5.91 Å². The van der Waals surface area contributed by atoms with E-state index < -0.39 is 27.3 Å². The summed E-state index contributed by atoms with van der Waals surface area (Å²) in [7, 11) is -2.60. The Morgan fingerprint density at radius 1 is 1.03 bits per heavy atom. The van der Waals surface area contributed by atoms with Crippen molar-refractivity contribution in [2.75, 3.05) is 50.5 Å². The van der Waals surface area contributed by atoms with E-state index in [1.165, 1.54) is 7.05 Å². The normalized spacial score (nSPS) is 14.8. The molecule has 1 saturated heterocycles. The Morgan fingerprint density at radius 3 is 2.26 bits per heavy atom. The molecule has 0 aliphatic carbocycles. The van der Waals surface area contributed by atoms with Crippen molar-refractivity contribution in [1.82, 2.24) is 9.62 Å². The first-order chi connectivity index (χ1) is 14.8. The van der Waals surface area contributed by atoms with Crippen LogP contribution in [0.25, 0.3) is 0 Å². The van der Waals surface area contributed by atoms with Crippen LogP contribution in [0.15, 0.2) is 47.4 Å². The van der Waals surface area contributed by atoms with E-state index in [1.54, 1.807) is 24.3 Å². The molecule has 1 aliphatic rings. The Hall–Kier alpha value is -2.86. The van der Waals surface area contributed by atoms with Crippen LogP contribution in [0.1, 0.15) is 10.4 Å². The first-order valence-corrected chi connectivity index (χ1v) is 11.0. The topological polar surface area (TPSA) is 117 Å². The molecule has 0 unspecified atom stereocenters. The summed E-state index contributed by atoms with van der Waals surface area (Å²) in [5.41, 5.74) is 0.501. The fourth-order valence-corrected chi connectivity index (χ4v) is 3.72. The Kier molecular flexibility index (Phi) is 7.33. The van der Waals surface area contributed by atoms with Gasteiger partial charge in [-0.3, -0.25) is 14.5 Å². The number of rotatable bonds is 7.